The lowest BCUT2D eigenvalue weighted by Gasteiger charge is -2.27. The fraction of sp³-hybridized carbons (Fsp3) is 0.300. The fourth-order valence-corrected chi connectivity index (χ4v) is 3.32. The number of anilines is 1. The number of rotatable bonds is 1. The number of aliphatic hydroxyl groups is 1. The lowest BCUT2D eigenvalue weighted by Crippen LogP contribution is -2.35. The standard InChI is InChI=1S/C10H10N5O7P/c11-10-13-7-4(8(17)14-10)12-2-15(7)9-5(16)6-3(21-9)1-20-23(18,19)22-6/h2-3,6,16H,1H2,(H,18,19)(H3,11,13,14,17)/t3-,6-/m1/s1. The summed E-state index contributed by atoms with van der Waals surface area (Å²) in [7, 11) is -4.25. The van der Waals surface area contributed by atoms with Crippen LogP contribution in [-0.4, -0.2) is 48.3 Å². The largest absolute Gasteiger partial charge is 0.505 e. The number of aromatic amines is 1. The number of nitrogens with two attached hydrogens (primary N) is 1. The third-order valence-corrected chi connectivity index (χ3v) is 4.35. The molecule has 13 heteroatoms. The van der Waals surface area contributed by atoms with Crippen LogP contribution in [0, 0.1) is 0 Å². The lowest BCUT2D eigenvalue weighted by molar-refractivity contribution is -0.0318. The van der Waals surface area contributed by atoms with Crippen LogP contribution in [0.15, 0.2) is 16.9 Å². The van der Waals surface area contributed by atoms with Crippen LogP contribution < -0.4 is 11.3 Å². The second-order valence-electron chi connectivity index (χ2n) is 4.87. The van der Waals surface area contributed by atoms with Crippen LogP contribution in [0.3, 0.4) is 0 Å². The van der Waals surface area contributed by atoms with Gasteiger partial charge in [-0.15, -0.1) is 0 Å². The van der Waals surface area contributed by atoms with Crippen molar-refractivity contribution < 1.29 is 28.3 Å². The number of hydrogen-bond donors (Lipinski definition) is 4. The average Bonchev–Trinajstić information content (AvgIpc) is 3.00. The number of imidazole rings is 1. The van der Waals surface area contributed by atoms with E-state index in [9.17, 15) is 19.4 Å². The van der Waals surface area contributed by atoms with Gasteiger partial charge in [-0.05, 0) is 0 Å². The van der Waals surface area contributed by atoms with Gasteiger partial charge in [0.25, 0.3) is 5.56 Å². The van der Waals surface area contributed by atoms with E-state index in [0.717, 1.165) is 0 Å². The van der Waals surface area contributed by atoms with Gasteiger partial charge in [0, 0.05) is 0 Å². The Bertz CT molecular complexity index is 949. The zero-order valence-electron chi connectivity index (χ0n) is 11.2. The fourth-order valence-electron chi connectivity index (χ4n) is 2.40. The van der Waals surface area contributed by atoms with Gasteiger partial charge in [-0.3, -0.25) is 18.8 Å². The van der Waals surface area contributed by atoms with Crippen molar-refractivity contribution in [1.29, 1.82) is 0 Å². The van der Waals surface area contributed by atoms with E-state index in [1.807, 2.05) is 0 Å². The van der Waals surface area contributed by atoms with E-state index in [1.165, 1.54) is 10.9 Å². The molecular formula is C10H10N5O7P. The molecule has 2 aromatic rings. The molecule has 23 heavy (non-hydrogen) atoms. The summed E-state index contributed by atoms with van der Waals surface area (Å²) in [5.74, 6) is -0.711. The summed E-state index contributed by atoms with van der Waals surface area (Å²) >= 11 is 0. The minimum Gasteiger partial charge on any atom is -0.505 e. The van der Waals surface area contributed by atoms with E-state index in [2.05, 4.69) is 19.5 Å². The number of aliphatic hydroxyl groups excluding tert-OH is 1. The third kappa shape index (κ3) is 2.11. The Balaban J connectivity index is 1.84. The molecule has 3 atom stereocenters. The molecule has 0 radical (unpaired) electrons. The number of nitrogens with one attached hydrogen (secondary N) is 1. The summed E-state index contributed by atoms with van der Waals surface area (Å²) in [6, 6.07) is 0. The predicted molar refractivity (Wildman–Crippen MR) is 73.9 cm³/mol. The molecule has 0 bridgehead atoms. The Hall–Kier alpha value is -2.40. The highest BCUT2D eigenvalue weighted by Crippen LogP contribution is 2.52. The quantitative estimate of drug-likeness (QED) is 0.484. The van der Waals surface area contributed by atoms with Crippen LogP contribution in [0.1, 0.15) is 0 Å². The molecule has 12 nitrogen and oxygen atoms in total. The smallest absolute Gasteiger partial charge is 0.473 e. The highest BCUT2D eigenvalue weighted by Gasteiger charge is 2.48. The summed E-state index contributed by atoms with van der Waals surface area (Å²) in [5.41, 5.74) is 4.99. The monoisotopic (exact) mass is 343 g/mol. The molecule has 0 amide bonds. The Morgan fingerprint density at radius 3 is 3.09 bits per heavy atom. The van der Waals surface area contributed by atoms with Gasteiger partial charge in [0.2, 0.25) is 11.8 Å². The molecule has 1 saturated heterocycles. The molecule has 0 aromatic carbocycles. The average molecular weight is 343 g/mol. The molecule has 0 spiro atoms. The number of H-pyrrole nitrogens is 1. The van der Waals surface area contributed by atoms with E-state index in [1.54, 1.807) is 0 Å². The Labute approximate surface area is 126 Å². The third-order valence-electron chi connectivity index (χ3n) is 3.38. The van der Waals surface area contributed by atoms with Gasteiger partial charge in [-0.25, -0.2) is 14.1 Å². The van der Waals surface area contributed by atoms with E-state index in [0.29, 0.717) is 0 Å². The highest BCUT2D eigenvalue weighted by molar-refractivity contribution is 7.47. The molecule has 0 saturated carbocycles. The van der Waals surface area contributed by atoms with Crippen molar-refractivity contribution in [2.45, 2.75) is 12.2 Å². The molecule has 5 N–H and O–H groups in total. The molecule has 122 valence electrons. The molecule has 0 aliphatic carbocycles. The van der Waals surface area contributed by atoms with Crippen molar-refractivity contribution in [1.82, 2.24) is 19.5 Å². The van der Waals surface area contributed by atoms with Crippen LogP contribution >= 0.6 is 7.82 Å². The van der Waals surface area contributed by atoms with Crippen molar-refractivity contribution in [2.24, 2.45) is 0 Å². The minimum atomic E-state index is -4.25. The van der Waals surface area contributed by atoms with E-state index < -0.39 is 31.3 Å². The van der Waals surface area contributed by atoms with Crippen LogP contribution in [0.5, 0.6) is 0 Å². The van der Waals surface area contributed by atoms with Crippen molar-refractivity contribution in [3.8, 4) is 0 Å². The maximum Gasteiger partial charge on any atom is 0.473 e. The van der Waals surface area contributed by atoms with Gasteiger partial charge in [0.05, 0.1) is 6.61 Å². The van der Waals surface area contributed by atoms with Gasteiger partial charge >= 0.3 is 7.82 Å². The minimum absolute atomic E-state index is 0.0111. The number of nitrogen functional groups attached to an aromatic ring is 1. The number of nitrogens with zero attached hydrogens (tertiary/aromatic N) is 3. The first-order valence-corrected chi connectivity index (χ1v) is 7.84. The van der Waals surface area contributed by atoms with Gasteiger partial charge in [-0.2, -0.15) is 4.98 Å². The molecule has 1 unspecified atom stereocenters. The SMILES string of the molecule is Nc1nc2c(ncn2C2=C(O)[C@@H]3OP(=O)(O)OC[C@H]3O2)c(=O)[nH]1. The van der Waals surface area contributed by atoms with Crippen molar-refractivity contribution in [3.05, 3.63) is 22.4 Å². The lowest BCUT2D eigenvalue weighted by atomic mass is 10.2. The Morgan fingerprint density at radius 2 is 2.30 bits per heavy atom. The van der Waals surface area contributed by atoms with E-state index in [4.69, 9.17) is 15.0 Å². The number of phosphoric ester groups is 1. The molecule has 1 fully saturated rings. The normalized spacial score (nSPS) is 30.5. The summed E-state index contributed by atoms with van der Waals surface area (Å²) in [4.78, 5) is 31.2. The van der Waals surface area contributed by atoms with Crippen LogP contribution in [0.4, 0.5) is 5.95 Å². The van der Waals surface area contributed by atoms with Crippen molar-refractivity contribution >= 4 is 30.8 Å². The second-order valence-corrected chi connectivity index (χ2v) is 6.28. The number of hydrogen-bond acceptors (Lipinski definition) is 9. The first kappa shape index (κ1) is 14.2. The zero-order valence-corrected chi connectivity index (χ0v) is 12.1. The maximum atomic E-state index is 11.8. The predicted octanol–water partition coefficient (Wildman–Crippen LogP) is -0.700. The number of aromatic nitrogens is 4. The number of ether oxygens (including phenoxy) is 1. The zero-order chi connectivity index (χ0) is 16.4. The number of phosphoric acid groups is 1. The molecule has 4 heterocycles. The van der Waals surface area contributed by atoms with Crippen LogP contribution in [0.25, 0.3) is 17.0 Å². The molecule has 2 aliphatic heterocycles. The van der Waals surface area contributed by atoms with Gasteiger partial charge in [-0.1, -0.05) is 0 Å². The summed E-state index contributed by atoms with van der Waals surface area (Å²) in [6.45, 7) is -0.255. The highest BCUT2D eigenvalue weighted by atomic mass is 31.2. The molecular weight excluding hydrogens is 333 g/mol. The van der Waals surface area contributed by atoms with Crippen molar-refractivity contribution in [3.63, 3.8) is 0 Å². The Kier molecular flexibility index (Phi) is 2.81. The molecule has 4 rings (SSSR count). The topological polar surface area (TPSA) is 175 Å². The maximum absolute atomic E-state index is 11.8. The second kappa shape index (κ2) is 4.55. The molecule has 2 aliphatic rings. The number of fused-ring (bicyclic) bond motifs is 2. The van der Waals surface area contributed by atoms with Crippen LogP contribution in [0.2, 0.25) is 0 Å². The van der Waals surface area contributed by atoms with Gasteiger partial charge in [0.15, 0.2) is 29.1 Å². The summed E-state index contributed by atoms with van der Waals surface area (Å²) < 4.78 is 27.6. The van der Waals surface area contributed by atoms with Gasteiger partial charge < -0.3 is 20.5 Å². The van der Waals surface area contributed by atoms with Gasteiger partial charge in [0.1, 0.15) is 6.33 Å². The first-order chi connectivity index (χ1) is 10.9. The van der Waals surface area contributed by atoms with E-state index in [-0.39, 0.29) is 29.6 Å². The van der Waals surface area contributed by atoms with E-state index >= 15 is 0 Å². The van der Waals surface area contributed by atoms with Crippen LogP contribution in [-0.2, 0) is 18.3 Å². The Morgan fingerprint density at radius 1 is 1.52 bits per heavy atom. The summed E-state index contributed by atoms with van der Waals surface area (Å²) in [6.07, 6.45) is -0.795. The molecule has 2 aromatic heterocycles. The van der Waals surface area contributed by atoms with Crippen molar-refractivity contribution in [2.75, 3.05) is 12.3 Å². The summed E-state index contributed by atoms with van der Waals surface area (Å²) in [5, 5.41) is 10.2. The first-order valence-electron chi connectivity index (χ1n) is 6.34.